The van der Waals surface area contributed by atoms with Gasteiger partial charge in [-0.15, -0.1) is 0 Å². The van der Waals surface area contributed by atoms with Crippen molar-refractivity contribution in [3.05, 3.63) is 78.2 Å². The number of amides is 2. The van der Waals surface area contributed by atoms with E-state index in [1.54, 1.807) is 48.7 Å². The maximum atomic E-state index is 13.5. The molecule has 0 bridgehead atoms. The van der Waals surface area contributed by atoms with Gasteiger partial charge in [0.25, 0.3) is 0 Å². The normalized spacial score (nSPS) is 18.7. The first-order chi connectivity index (χ1) is 19.2. The molecule has 206 valence electrons. The van der Waals surface area contributed by atoms with Gasteiger partial charge in [-0.05, 0) is 80.9 Å². The first kappa shape index (κ1) is 25.7. The summed E-state index contributed by atoms with van der Waals surface area (Å²) in [4.78, 5) is 28.0. The molecule has 4 aromatic rings. The summed E-state index contributed by atoms with van der Waals surface area (Å²) in [5.41, 5.74) is 2.29. The molecule has 1 unspecified atom stereocenters. The van der Waals surface area contributed by atoms with Gasteiger partial charge in [0.1, 0.15) is 24.6 Å². The Kier molecular flexibility index (Phi) is 6.32. The zero-order valence-electron chi connectivity index (χ0n) is 22.4. The summed E-state index contributed by atoms with van der Waals surface area (Å²) < 4.78 is 32.2. The number of ether oxygens (including phenoxy) is 3. The van der Waals surface area contributed by atoms with E-state index in [1.165, 1.54) is 12.1 Å². The van der Waals surface area contributed by atoms with Crippen molar-refractivity contribution in [2.45, 2.75) is 44.9 Å². The van der Waals surface area contributed by atoms with Crippen LogP contribution in [0.5, 0.6) is 11.5 Å². The Hall–Kier alpha value is -4.60. The van der Waals surface area contributed by atoms with Crippen LogP contribution in [-0.4, -0.2) is 46.6 Å². The number of anilines is 1. The van der Waals surface area contributed by atoms with Gasteiger partial charge in [-0.3, -0.25) is 4.79 Å². The summed E-state index contributed by atoms with van der Waals surface area (Å²) in [5.74, 6) is 0.758. The first-order valence-corrected chi connectivity index (χ1v) is 13.1. The van der Waals surface area contributed by atoms with Crippen molar-refractivity contribution in [2.24, 2.45) is 0 Å². The lowest BCUT2D eigenvalue weighted by molar-refractivity contribution is -0.117. The van der Waals surface area contributed by atoms with E-state index >= 15 is 0 Å². The molecule has 2 atom stereocenters. The number of carbonyl (C=O) groups excluding carboxylic acids is 2. The molecular formula is C30H29FN4O5. The molecule has 2 amide bonds. The fraction of sp³-hybridized carbons (Fsp3) is 0.300. The van der Waals surface area contributed by atoms with Gasteiger partial charge in [-0.25, -0.2) is 13.9 Å². The number of hydrogen-bond acceptors (Lipinski definition) is 6. The number of halogens is 1. The van der Waals surface area contributed by atoms with E-state index in [2.05, 4.69) is 10.4 Å². The largest absolute Gasteiger partial charge is 0.486 e. The maximum absolute atomic E-state index is 13.5. The van der Waals surface area contributed by atoms with Crippen LogP contribution < -0.4 is 19.7 Å². The SMILES string of the molecule is CC(C)(C)OC(=O)NC1CC(=O)N(c2ccc3c(cnn3-c3ccc(F)cc3)c2)[C@@H]1c1ccc2c(c1)OCCO2. The van der Waals surface area contributed by atoms with Crippen LogP contribution in [-0.2, 0) is 9.53 Å². The van der Waals surface area contributed by atoms with Crippen LogP contribution in [0.3, 0.4) is 0 Å². The second-order valence-corrected chi connectivity index (χ2v) is 10.8. The molecule has 6 rings (SSSR count). The van der Waals surface area contributed by atoms with E-state index in [9.17, 15) is 14.0 Å². The van der Waals surface area contributed by atoms with Gasteiger partial charge < -0.3 is 24.4 Å². The van der Waals surface area contributed by atoms with Gasteiger partial charge in [0.15, 0.2) is 11.5 Å². The summed E-state index contributed by atoms with van der Waals surface area (Å²) in [6.45, 7) is 6.27. The van der Waals surface area contributed by atoms with Crippen LogP contribution in [0.15, 0.2) is 66.9 Å². The zero-order chi connectivity index (χ0) is 28.0. The van der Waals surface area contributed by atoms with Crippen LogP contribution in [0.1, 0.15) is 38.8 Å². The van der Waals surface area contributed by atoms with Crippen LogP contribution in [0.25, 0.3) is 16.6 Å². The Morgan fingerprint density at radius 2 is 1.73 bits per heavy atom. The molecule has 0 saturated carbocycles. The predicted octanol–water partition coefficient (Wildman–Crippen LogP) is 5.31. The molecule has 9 nitrogen and oxygen atoms in total. The minimum absolute atomic E-state index is 0.0885. The van der Waals surface area contributed by atoms with E-state index in [1.807, 2.05) is 36.4 Å². The first-order valence-electron chi connectivity index (χ1n) is 13.1. The number of hydrogen-bond donors (Lipinski definition) is 1. The molecule has 1 saturated heterocycles. The van der Waals surface area contributed by atoms with Crippen molar-refractivity contribution >= 4 is 28.6 Å². The van der Waals surface area contributed by atoms with Gasteiger partial charge >= 0.3 is 6.09 Å². The van der Waals surface area contributed by atoms with Gasteiger partial charge in [-0.2, -0.15) is 5.10 Å². The lowest BCUT2D eigenvalue weighted by Crippen LogP contribution is -2.42. The Balaban J connectivity index is 1.38. The van der Waals surface area contributed by atoms with Crippen molar-refractivity contribution in [3.8, 4) is 17.2 Å². The summed E-state index contributed by atoms with van der Waals surface area (Å²) >= 11 is 0. The Morgan fingerprint density at radius 1 is 1.00 bits per heavy atom. The van der Waals surface area contributed by atoms with Crippen molar-refractivity contribution in [1.29, 1.82) is 0 Å². The van der Waals surface area contributed by atoms with Gasteiger partial charge in [-0.1, -0.05) is 6.07 Å². The molecule has 1 fully saturated rings. The second kappa shape index (κ2) is 9.86. The fourth-order valence-electron chi connectivity index (χ4n) is 5.21. The molecule has 2 aliphatic heterocycles. The molecule has 3 heterocycles. The standard InChI is InChI=1S/C30H29FN4O5/c1-30(2,3)40-29(37)33-23-16-27(36)34(28(23)18-4-11-25-26(15-18)39-13-12-38-25)22-9-10-24-19(14-22)17-32-35(24)21-7-5-20(31)6-8-21/h4-11,14-15,17,23,28H,12-13,16H2,1-3H3,(H,33,37)/t23?,28-/m1/s1. The summed E-state index contributed by atoms with van der Waals surface area (Å²) in [5, 5.41) is 8.21. The Labute approximate surface area is 230 Å². The number of rotatable bonds is 4. The van der Waals surface area contributed by atoms with Crippen LogP contribution in [0.2, 0.25) is 0 Å². The highest BCUT2D eigenvalue weighted by atomic mass is 19.1. The third-order valence-electron chi connectivity index (χ3n) is 6.83. The molecule has 0 radical (unpaired) electrons. The molecule has 2 aliphatic rings. The lowest BCUT2D eigenvalue weighted by Gasteiger charge is -2.31. The quantitative estimate of drug-likeness (QED) is 0.374. The van der Waals surface area contributed by atoms with E-state index in [4.69, 9.17) is 14.2 Å². The average Bonchev–Trinajstić information content (AvgIpc) is 3.47. The van der Waals surface area contributed by atoms with Gasteiger partial charge in [0.05, 0.1) is 29.5 Å². The number of benzene rings is 3. The van der Waals surface area contributed by atoms with Crippen LogP contribution in [0.4, 0.5) is 14.9 Å². The second-order valence-electron chi connectivity index (χ2n) is 10.8. The van der Waals surface area contributed by atoms with E-state index < -0.39 is 23.8 Å². The summed E-state index contributed by atoms with van der Waals surface area (Å²) in [6, 6.07) is 16.2. The number of fused-ring (bicyclic) bond motifs is 2. The highest BCUT2D eigenvalue weighted by Gasteiger charge is 2.43. The van der Waals surface area contributed by atoms with Crippen molar-refractivity contribution in [3.63, 3.8) is 0 Å². The van der Waals surface area contributed by atoms with Crippen molar-refractivity contribution < 1.29 is 28.2 Å². The van der Waals surface area contributed by atoms with Crippen molar-refractivity contribution in [1.82, 2.24) is 15.1 Å². The summed E-state index contributed by atoms with van der Waals surface area (Å²) in [7, 11) is 0. The van der Waals surface area contributed by atoms with Crippen LogP contribution >= 0.6 is 0 Å². The Morgan fingerprint density at radius 3 is 2.48 bits per heavy atom. The predicted molar refractivity (Wildman–Crippen MR) is 146 cm³/mol. The fourth-order valence-corrected chi connectivity index (χ4v) is 5.21. The topological polar surface area (TPSA) is 94.9 Å². The highest BCUT2D eigenvalue weighted by molar-refractivity contribution is 6.00. The van der Waals surface area contributed by atoms with Gasteiger partial charge in [0.2, 0.25) is 5.91 Å². The number of alkyl carbamates (subject to hydrolysis) is 1. The number of nitrogens with one attached hydrogen (secondary N) is 1. The number of nitrogens with zero attached hydrogens (tertiary/aromatic N) is 3. The van der Waals surface area contributed by atoms with Crippen molar-refractivity contribution in [2.75, 3.05) is 18.1 Å². The molecule has 1 aromatic heterocycles. The van der Waals surface area contributed by atoms with Crippen LogP contribution in [0, 0.1) is 5.82 Å². The molecular weight excluding hydrogens is 515 g/mol. The van der Waals surface area contributed by atoms with Gasteiger partial charge in [0, 0.05) is 17.5 Å². The molecule has 3 aromatic carbocycles. The molecule has 1 N–H and O–H groups in total. The lowest BCUT2D eigenvalue weighted by atomic mass is 9.99. The average molecular weight is 545 g/mol. The monoisotopic (exact) mass is 544 g/mol. The van der Waals surface area contributed by atoms with E-state index in [-0.39, 0.29) is 18.1 Å². The van der Waals surface area contributed by atoms with E-state index in [0.29, 0.717) is 30.4 Å². The molecule has 0 aliphatic carbocycles. The number of aromatic nitrogens is 2. The molecule has 0 spiro atoms. The summed E-state index contributed by atoms with van der Waals surface area (Å²) in [6.07, 6.45) is 1.20. The minimum Gasteiger partial charge on any atom is -0.486 e. The number of carbonyl (C=O) groups is 2. The highest BCUT2D eigenvalue weighted by Crippen LogP contribution is 2.42. The smallest absolute Gasteiger partial charge is 0.407 e. The third kappa shape index (κ3) is 4.92. The molecule has 10 heteroatoms. The third-order valence-corrected chi connectivity index (χ3v) is 6.83. The zero-order valence-corrected chi connectivity index (χ0v) is 22.4. The maximum Gasteiger partial charge on any atom is 0.407 e. The minimum atomic E-state index is -0.686. The molecule has 40 heavy (non-hydrogen) atoms. The Bertz CT molecular complexity index is 1590. The van der Waals surface area contributed by atoms with E-state index in [0.717, 1.165) is 22.2 Å².